The van der Waals surface area contributed by atoms with Crippen LogP contribution in [0.2, 0.25) is 0 Å². The van der Waals surface area contributed by atoms with Gasteiger partial charge in [-0.05, 0) is 26.0 Å². The van der Waals surface area contributed by atoms with Crippen molar-refractivity contribution in [2.75, 3.05) is 0 Å². The number of carbonyl (C=O) groups is 1. The summed E-state index contributed by atoms with van der Waals surface area (Å²) in [6, 6.07) is 3.95. The molecule has 0 fully saturated rings. The first kappa shape index (κ1) is 8.84. The highest BCUT2D eigenvalue weighted by atomic mass is 16.4. The van der Waals surface area contributed by atoms with E-state index < -0.39 is 5.97 Å². The highest BCUT2D eigenvalue weighted by Crippen LogP contribution is 2.07. The first-order chi connectivity index (χ1) is 5.61. The van der Waals surface area contributed by atoms with Gasteiger partial charge >= 0.3 is 0 Å². The van der Waals surface area contributed by atoms with Crippen LogP contribution in [0.5, 0.6) is 0 Å². The van der Waals surface area contributed by atoms with E-state index in [2.05, 4.69) is 0 Å². The summed E-state index contributed by atoms with van der Waals surface area (Å²) >= 11 is 0. The maximum atomic E-state index is 10.2. The summed E-state index contributed by atoms with van der Waals surface area (Å²) in [4.78, 5) is 10.2. The van der Waals surface area contributed by atoms with Crippen LogP contribution < -0.4 is 5.11 Å². The number of carbonyl (C=O) groups excluding carboxylic acids is 1. The molecule has 3 nitrogen and oxygen atoms in total. The van der Waals surface area contributed by atoms with E-state index in [4.69, 9.17) is 0 Å². The molecule has 0 aliphatic heterocycles. The van der Waals surface area contributed by atoms with Crippen molar-refractivity contribution in [2.45, 2.75) is 26.8 Å². The Morgan fingerprint density at radius 1 is 1.42 bits per heavy atom. The molecule has 0 radical (unpaired) electrons. The number of aryl methyl sites for hydroxylation is 2. The number of hydrogen-bond acceptors (Lipinski definition) is 2. The second kappa shape index (κ2) is 3.43. The van der Waals surface area contributed by atoms with Crippen molar-refractivity contribution >= 4 is 5.97 Å². The number of carboxylic acid groups (broad SMARTS) is 1. The standard InChI is InChI=1S/C9H13NO2/c1-7-3-4-8(2)10(7)6-5-9(11)12/h3-4H,5-6H2,1-2H3,(H,11,12)/p-1. The van der Waals surface area contributed by atoms with Gasteiger partial charge in [0.2, 0.25) is 0 Å². The molecule has 12 heavy (non-hydrogen) atoms. The van der Waals surface area contributed by atoms with E-state index in [1.54, 1.807) is 0 Å². The largest absolute Gasteiger partial charge is 0.550 e. The van der Waals surface area contributed by atoms with Gasteiger partial charge in [0, 0.05) is 30.3 Å². The van der Waals surface area contributed by atoms with Crippen molar-refractivity contribution in [3.05, 3.63) is 23.5 Å². The van der Waals surface area contributed by atoms with Gasteiger partial charge in [0.05, 0.1) is 0 Å². The van der Waals surface area contributed by atoms with Crippen LogP contribution in [0.1, 0.15) is 17.8 Å². The zero-order valence-electron chi connectivity index (χ0n) is 7.33. The number of aromatic nitrogens is 1. The Bertz CT molecular complexity index is 269. The molecule has 0 N–H and O–H groups in total. The van der Waals surface area contributed by atoms with Gasteiger partial charge in [-0.2, -0.15) is 0 Å². The molecule has 0 bridgehead atoms. The molecule has 0 amide bonds. The number of aliphatic carboxylic acids is 1. The molecule has 0 atom stereocenters. The fourth-order valence-corrected chi connectivity index (χ4v) is 1.26. The lowest BCUT2D eigenvalue weighted by molar-refractivity contribution is -0.305. The van der Waals surface area contributed by atoms with Crippen molar-refractivity contribution in [1.82, 2.24) is 4.57 Å². The van der Waals surface area contributed by atoms with Crippen LogP contribution in [0.4, 0.5) is 0 Å². The number of carboxylic acids is 1. The minimum absolute atomic E-state index is 0.0797. The van der Waals surface area contributed by atoms with Crippen molar-refractivity contribution in [2.24, 2.45) is 0 Å². The zero-order valence-corrected chi connectivity index (χ0v) is 7.33. The normalized spacial score (nSPS) is 10.2. The predicted octanol–water partition coefficient (Wildman–Crippen LogP) is 0.245. The van der Waals surface area contributed by atoms with Crippen LogP contribution in [-0.4, -0.2) is 10.5 Å². The maximum Gasteiger partial charge on any atom is 0.0432 e. The van der Waals surface area contributed by atoms with Gasteiger partial charge in [0.1, 0.15) is 0 Å². The van der Waals surface area contributed by atoms with Crippen molar-refractivity contribution < 1.29 is 9.90 Å². The molecular weight excluding hydrogens is 154 g/mol. The van der Waals surface area contributed by atoms with Gasteiger partial charge in [0.25, 0.3) is 0 Å². The fraction of sp³-hybridized carbons (Fsp3) is 0.444. The Kier molecular flexibility index (Phi) is 2.53. The van der Waals surface area contributed by atoms with E-state index in [1.807, 2.05) is 30.5 Å². The highest BCUT2D eigenvalue weighted by Gasteiger charge is 1.99. The first-order valence-electron chi connectivity index (χ1n) is 3.94. The quantitative estimate of drug-likeness (QED) is 0.646. The molecule has 1 heterocycles. The van der Waals surface area contributed by atoms with Crippen molar-refractivity contribution in [3.8, 4) is 0 Å². The summed E-state index contributed by atoms with van der Waals surface area (Å²) in [6.45, 7) is 4.43. The molecule has 66 valence electrons. The van der Waals surface area contributed by atoms with Crippen LogP contribution >= 0.6 is 0 Å². The lowest BCUT2D eigenvalue weighted by Crippen LogP contribution is -2.23. The highest BCUT2D eigenvalue weighted by molar-refractivity contribution is 5.64. The Balaban J connectivity index is 2.68. The van der Waals surface area contributed by atoms with Gasteiger partial charge in [0.15, 0.2) is 0 Å². The molecule has 0 aromatic carbocycles. The van der Waals surface area contributed by atoms with E-state index in [9.17, 15) is 9.90 Å². The second-order valence-electron chi connectivity index (χ2n) is 2.89. The average molecular weight is 166 g/mol. The van der Waals surface area contributed by atoms with Gasteiger partial charge in [-0.3, -0.25) is 0 Å². The molecule has 0 saturated heterocycles. The van der Waals surface area contributed by atoms with Gasteiger partial charge in [-0.15, -0.1) is 0 Å². The lowest BCUT2D eigenvalue weighted by atomic mass is 10.4. The van der Waals surface area contributed by atoms with Gasteiger partial charge in [-0.1, -0.05) is 0 Å². The Morgan fingerprint density at radius 2 is 1.92 bits per heavy atom. The smallest absolute Gasteiger partial charge is 0.0432 e. The lowest BCUT2D eigenvalue weighted by Gasteiger charge is -2.08. The van der Waals surface area contributed by atoms with Crippen LogP contribution in [0, 0.1) is 13.8 Å². The summed E-state index contributed by atoms with van der Waals surface area (Å²) in [5, 5.41) is 10.2. The molecule has 0 aliphatic rings. The molecule has 0 spiro atoms. The Hall–Kier alpha value is -1.25. The third kappa shape index (κ3) is 1.87. The number of hydrogen-bond donors (Lipinski definition) is 0. The van der Waals surface area contributed by atoms with E-state index in [-0.39, 0.29) is 6.42 Å². The minimum Gasteiger partial charge on any atom is -0.550 e. The molecule has 0 unspecified atom stereocenters. The summed E-state index contributed by atoms with van der Waals surface area (Å²) in [5.41, 5.74) is 2.18. The molecule has 0 aliphatic carbocycles. The number of nitrogens with zero attached hydrogens (tertiary/aromatic N) is 1. The van der Waals surface area contributed by atoms with Crippen molar-refractivity contribution in [3.63, 3.8) is 0 Å². The summed E-state index contributed by atoms with van der Waals surface area (Å²) in [5.74, 6) is -0.998. The SMILES string of the molecule is Cc1ccc(C)n1CCC(=O)[O-]. The van der Waals surface area contributed by atoms with Crippen LogP contribution in [0.15, 0.2) is 12.1 Å². The zero-order chi connectivity index (χ0) is 9.14. The third-order valence-corrected chi connectivity index (χ3v) is 1.96. The number of rotatable bonds is 3. The molecule has 3 heteroatoms. The van der Waals surface area contributed by atoms with E-state index in [0.29, 0.717) is 6.54 Å². The van der Waals surface area contributed by atoms with E-state index in [0.717, 1.165) is 11.4 Å². The van der Waals surface area contributed by atoms with Crippen molar-refractivity contribution in [1.29, 1.82) is 0 Å². The minimum atomic E-state index is -0.998. The third-order valence-electron chi connectivity index (χ3n) is 1.96. The fourth-order valence-electron chi connectivity index (χ4n) is 1.26. The van der Waals surface area contributed by atoms with Gasteiger partial charge in [-0.25, -0.2) is 0 Å². The predicted molar refractivity (Wildman–Crippen MR) is 43.5 cm³/mol. The van der Waals surface area contributed by atoms with E-state index >= 15 is 0 Å². The van der Waals surface area contributed by atoms with Crippen LogP contribution in [0.3, 0.4) is 0 Å². The van der Waals surface area contributed by atoms with Crippen LogP contribution in [0.25, 0.3) is 0 Å². The molecule has 1 aromatic rings. The molecule has 0 saturated carbocycles. The Morgan fingerprint density at radius 3 is 2.33 bits per heavy atom. The maximum absolute atomic E-state index is 10.2. The second-order valence-corrected chi connectivity index (χ2v) is 2.89. The molecule has 1 aromatic heterocycles. The Labute approximate surface area is 71.6 Å². The monoisotopic (exact) mass is 166 g/mol. The van der Waals surface area contributed by atoms with Gasteiger partial charge < -0.3 is 14.5 Å². The molecule has 1 rings (SSSR count). The summed E-state index contributed by atoms with van der Waals surface area (Å²) in [6.07, 6.45) is 0.0797. The average Bonchev–Trinajstić information content (AvgIpc) is 2.28. The molecular formula is C9H12NO2-. The first-order valence-corrected chi connectivity index (χ1v) is 3.94. The van der Waals surface area contributed by atoms with Crippen LogP contribution in [-0.2, 0) is 11.3 Å². The van der Waals surface area contributed by atoms with E-state index in [1.165, 1.54) is 0 Å². The summed E-state index contributed by atoms with van der Waals surface area (Å²) < 4.78 is 1.97. The summed E-state index contributed by atoms with van der Waals surface area (Å²) in [7, 11) is 0. The topological polar surface area (TPSA) is 45.1 Å².